The second kappa shape index (κ2) is 8.28. The number of anilines is 1. The number of rotatable bonds is 6. The number of benzene rings is 2. The maximum Gasteiger partial charge on any atom is 0.243 e. The molecule has 0 bridgehead atoms. The van der Waals surface area contributed by atoms with Crippen LogP contribution in [0.1, 0.15) is 0 Å². The summed E-state index contributed by atoms with van der Waals surface area (Å²) in [5.74, 6) is 1.17. The lowest BCUT2D eigenvalue weighted by Crippen LogP contribution is -2.48. The molecule has 0 N–H and O–H groups in total. The molecular weight excluding hydrogens is 408 g/mol. The van der Waals surface area contributed by atoms with E-state index >= 15 is 0 Å². The van der Waals surface area contributed by atoms with Crippen molar-refractivity contribution < 1.29 is 17.9 Å². The van der Waals surface area contributed by atoms with E-state index in [0.29, 0.717) is 37.6 Å². The first-order valence-electron chi connectivity index (χ1n) is 9.33. The summed E-state index contributed by atoms with van der Waals surface area (Å²) in [6.07, 6.45) is 1.42. The Hall–Kier alpha value is -3.18. The molecule has 0 radical (unpaired) electrons. The highest BCUT2D eigenvalue weighted by molar-refractivity contribution is 7.89. The van der Waals surface area contributed by atoms with Crippen LogP contribution >= 0.6 is 0 Å². The monoisotopic (exact) mass is 430 g/mol. The van der Waals surface area contributed by atoms with E-state index in [1.807, 2.05) is 24.3 Å². The summed E-state index contributed by atoms with van der Waals surface area (Å²) < 4.78 is 39.8. The summed E-state index contributed by atoms with van der Waals surface area (Å²) in [7, 11) is -0.543. The van der Waals surface area contributed by atoms with Crippen LogP contribution in [-0.4, -0.2) is 73.3 Å². The smallest absolute Gasteiger partial charge is 0.243 e. The molecule has 30 heavy (non-hydrogen) atoms. The highest BCUT2D eigenvalue weighted by Gasteiger charge is 2.29. The largest absolute Gasteiger partial charge is 0.497 e. The predicted octanol–water partition coefficient (Wildman–Crippen LogP) is 1.19. The standard InChI is InChI=1S/C19H22N6O4S/c1-28-16-5-3-15(4-6-16)23-9-11-24(12-10-23)30(26,27)17-7-8-18(19(13-17)29-2)25-14-20-21-22-25/h3-8,13-14H,9-12H2,1-2H3. The first-order chi connectivity index (χ1) is 14.5. The van der Waals surface area contributed by atoms with E-state index in [1.165, 1.54) is 28.5 Å². The zero-order valence-corrected chi connectivity index (χ0v) is 17.5. The second-order valence-electron chi connectivity index (χ2n) is 6.68. The van der Waals surface area contributed by atoms with Gasteiger partial charge < -0.3 is 14.4 Å². The van der Waals surface area contributed by atoms with Gasteiger partial charge in [0.2, 0.25) is 10.0 Å². The molecule has 0 aliphatic carbocycles. The van der Waals surface area contributed by atoms with E-state index in [0.717, 1.165) is 11.4 Å². The fourth-order valence-electron chi connectivity index (χ4n) is 3.41. The minimum Gasteiger partial charge on any atom is -0.497 e. The number of hydrogen-bond donors (Lipinski definition) is 0. The first-order valence-corrected chi connectivity index (χ1v) is 10.8. The van der Waals surface area contributed by atoms with Crippen molar-refractivity contribution >= 4 is 15.7 Å². The van der Waals surface area contributed by atoms with Crippen molar-refractivity contribution in [3.63, 3.8) is 0 Å². The molecule has 2 aromatic carbocycles. The molecule has 1 aliphatic heterocycles. The van der Waals surface area contributed by atoms with E-state index in [1.54, 1.807) is 19.2 Å². The van der Waals surface area contributed by atoms with Crippen LogP contribution in [0.3, 0.4) is 0 Å². The number of sulfonamides is 1. The SMILES string of the molecule is COc1ccc(N2CCN(S(=O)(=O)c3ccc(-n4cnnn4)c(OC)c3)CC2)cc1. The number of methoxy groups -OCH3 is 2. The van der Waals surface area contributed by atoms with E-state index in [2.05, 4.69) is 20.4 Å². The highest BCUT2D eigenvalue weighted by atomic mass is 32.2. The number of nitrogens with zero attached hydrogens (tertiary/aromatic N) is 6. The molecule has 0 amide bonds. The molecule has 2 heterocycles. The number of piperazine rings is 1. The fourth-order valence-corrected chi connectivity index (χ4v) is 4.85. The van der Waals surface area contributed by atoms with Gasteiger partial charge in [-0.25, -0.2) is 8.42 Å². The molecule has 0 unspecified atom stereocenters. The minimum atomic E-state index is -3.65. The number of ether oxygens (including phenoxy) is 2. The van der Waals surface area contributed by atoms with Gasteiger partial charge in [0.05, 0.1) is 19.1 Å². The topological polar surface area (TPSA) is 103 Å². The summed E-state index contributed by atoms with van der Waals surface area (Å²) in [6, 6.07) is 12.4. The average Bonchev–Trinajstić information content (AvgIpc) is 3.33. The van der Waals surface area contributed by atoms with Crippen LogP contribution in [0.4, 0.5) is 5.69 Å². The molecule has 0 spiro atoms. The molecule has 1 fully saturated rings. The molecule has 1 aliphatic rings. The van der Waals surface area contributed by atoms with Gasteiger partial charge in [-0.05, 0) is 46.8 Å². The molecule has 10 nitrogen and oxygen atoms in total. The van der Waals surface area contributed by atoms with Crippen molar-refractivity contribution in [1.29, 1.82) is 0 Å². The third-order valence-corrected chi connectivity index (χ3v) is 6.96. The molecule has 3 aromatic rings. The summed E-state index contributed by atoms with van der Waals surface area (Å²) in [5.41, 5.74) is 1.60. The minimum absolute atomic E-state index is 0.175. The Balaban J connectivity index is 1.50. The van der Waals surface area contributed by atoms with Crippen LogP contribution in [0, 0.1) is 0 Å². The normalized spacial score (nSPS) is 15.2. The van der Waals surface area contributed by atoms with Crippen LogP contribution in [0.2, 0.25) is 0 Å². The third kappa shape index (κ3) is 3.81. The lowest BCUT2D eigenvalue weighted by molar-refractivity contribution is 0.383. The highest BCUT2D eigenvalue weighted by Crippen LogP contribution is 2.28. The van der Waals surface area contributed by atoms with Gasteiger partial charge in [-0.1, -0.05) is 0 Å². The van der Waals surface area contributed by atoms with Gasteiger partial charge in [0.25, 0.3) is 0 Å². The van der Waals surface area contributed by atoms with Gasteiger partial charge in [0, 0.05) is 37.9 Å². The van der Waals surface area contributed by atoms with Gasteiger partial charge in [-0.3, -0.25) is 0 Å². The van der Waals surface area contributed by atoms with Crippen molar-refractivity contribution in [2.45, 2.75) is 4.90 Å². The molecule has 0 atom stereocenters. The molecular formula is C19H22N6O4S. The van der Waals surface area contributed by atoms with Crippen molar-refractivity contribution in [3.8, 4) is 17.2 Å². The maximum absolute atomic E-state index is 13.2. The first kappa shape index (κ1) is 20.1. The third-order valence-electron chi connectivity index (χ3n) is 5.06. The maximum atomic E-state index is 13.2. The Labute approximate surface area is 174 Å². The van der Waals surface area contributed by atoms with Crippen molar-refractivity contribution in [3.05, 3.63) is 48.8 Å². The number of tetrazole rings is 1. The van der Waals surface area contributed by atoms with Crippen LogP contribution < -0.4 is 14.4 Å². The van der Waals surface area contributed by atoms with Crippen LogP contribution in [0.15, 0.2) is 53.7 Å². The van der Waals surface area contributed by atoms with Crippen molar-refractivity contribution in [2.24, 2.45) is 0 Å². The molecule has 0 saturated carbocycles. The van der Waals surface area contributed by atoms with E-state index < -0.39 is 10.0 Å². The molecule has 1 saturated heterocycles. The summed E-state index contributed by atoms with van der Waals surface area (Å²) >= 11 is 0. The average molecular weight is 430 g/mol. The van der Waals surface area contributed by atoms with E-state index in [-0.39, 0.29) is 4.90 Å². The molecule has 11 heteroatoms. The summed E-state index contributed by atoms with van der Waals surface area (Å²) in [4.78, 5) is 2.33. The van der Waals surface area contributed by atoms with Crippen molar-refractivity contribution in [1.82, 2.24) is 24.5 Å². The Bertz CT molecular complexity index is 1090. The van der Waals surface area contributed by atoms with Crippen molar-refractivity contribution in [2.75, 3.05) is 45.3 Å². The Morgan fingerprint density at radius 1 is 0.933 bits per heavy atom. The number of hydrogen-bond acceptors (Lipinski definition) is 8. The molecule has 4 rings (SSSR count). The second-order valence-corrected chi connectivity index (χ2v) is 8.62. The lowest BCUT2D eigenvalue weighted by atomic mass is 10.2. The van der Waals surface area contributed by atoms with Crippen LogP contribution in [0.5, 0.6) is 11.5 Å². The quantitative estimate of drug-likeness (QED) is 0.575. The van der Waals surface area contributed by atoms with Gasteiger partial charge >= 0.3 is 0 Å². The van der Waals surface area contributed by atoms with Gasteiger partial charge in [-0.15, -0.1) is 5.10 Å². The zero-order valence-electron chi connectivity index (χ0n) is 16.7. The van der Waals surface area contributed by atoms with Gasteiger partial charge in [0.15, 0.2) is 0 Å². The van der Waals surface area contributed by atoms with Crippen LogP contribution in [-0.2, 0) is 10.0 Å². The predicted molar refractivity (Wildman–Crippen MR) is 110 cm³/mol. The fraction of sp³-hybridized carbons (Fsp3) is 0.316. The Kier molecular flexibility index (Phi) is 5.55. The van der Waals surface area contributed by atoms with Gasteiger partial charge in [-0.2, -0.15) is 8.99 Å². The molecule has 1 aromatic heterocycles. The Morgan fingerprint density at radius 3 is 2.27 bits per heavy atom. The molecule has 158 valence electrons. The number of aromatic nitrogens is 4. The Morgan fingerprint density at radius 2 is 1.67 bits per heavy atom. The van der Waals surface area contributed by atoms with Gasteiger partial charge in [0.1, 0.15) is 23.5 Å². The lowest BCUT2D eigenvalue weighted by Gasteiger charge is -2.35. The zero-order chi connectivity index (χ0) is 21.1. The van der Waals surface area contributed by atoms with Crippen LogP contribution in [0.25, 0.3) is 5.69 Å². The summed E-state index contributed by atoms with van der Waals surface area (Å²) in [5, 5.41) is 11.0. The van der Waals surface area contributed by atoms with E-state index in [9.17, 15) is 8.42 Å². The summed E-state index contributed by atoms with van der Waals surface area (Å²) in [6.45, 7) is 1.99. The van der Waals surface area contributed by atoms with E-state index in [4.69, 9.17) is 9.47 Å².